The van der Waals surface area contributed by atoms with E-state index in [1.165, 1.54) is 19.2 Å². The molecule has 7 heteroatoms. The summed E-state index contributed by atoms with van der Waals surface area (Å²) >= 11 is 2.88. The van der Waals surface area contributed by atoms with Gasteiger partial charge in [0.05, 0.1) is 12.0 Å². The van der Waals surface area contributed by atoms with E-state index in [2.05, 4.69) is 25.7 Å². The second-order valence-electron chi connectivity index (χ2n) is 2.26. The second kappa shape index (κ2) is 4.14. The molecule has 0 saturated heterocycles. The number of hydrogen-bond acceptors (Lipinski definition) is 5. The minimum atomic E-state index is -0.638. The number of nitrogens with zero attached hydrogens (tertiary/aromatic N) is 2. The van der Waals surface area contributed by atoms with Crippen molar-refractivity contribution in [1.29, 1.82) is 0 Å². The Kier molecular flexibility index (Phi) is 3.13. The number of aromatic nitrogens is 1. The maximum atomic E-state index is 11.0. The zero-order valence-electron chi connectivity index (χ0n) is 7.06. The van der Waals surface area contributed by atoms with Crippen LogP contribution < -0.4 is 0 Å². The molecule has 0 N–H and O–H groups in total. The Labute approximate surface area is 87.2 Å². The Hall–Kier alpha value is -1.50. The number of hydrogen-bond donors (Lipinski definition) is 0. The summed E-state index contributed by atoms with van der Waals surface area (Å²) in [5.74, 6) is -0.638. The monoisotopic (exact) mass is 260 g/mol. The standard InChI is InChI=1S/C7H5BrN2O4/c1-14-7(11)4-2-3-5(10(12)13)6(8)9-4/h2-3H,1H3. The van der Waals surface area contributed by atoms with Crippen LogP contribution in [0.25, 0.3) is 0 Å². The lowest BCUT2D eigenvalue weighted by molar-refractivity contribution is -0.386. The minimum Gasteiger partial charge on any atom is -0.464 e. The van der Waals surface area contributed by atoms with Gasteiger partial charge in [0.15, 0.2) is 4.60 Å². The van der Waals surface area contributed by atoms with Crippen LogP contribution in [0.1, 0.15) is 10.5 Å². The van der Waals surface area contributed by atoms with Gasteiger partial charge in [-0.3, -0.25) is 10.1 Å². The van der Waals surface area contributed by atoms with Gasteiger partial charge in [0, 0.05) is 6.07 Å². The van der Waals surface area contributed by atoms with Crippen LogP contribution in [0.5, 0.6) is 0 Å². The molecule has 0 aliphatic heterocycles. The summed E-state index contributed by atoms with van der Waals surface area (Å²) in [5, 5.41) is 10.4. The lowest BCUT2D eigenvalue weighted by atomic mass is 10.3. The molecule has 0 saturated carbocycles. The third kappa shape index (κ3) is 2.05. The number of ether oxygens (including phenoxy) is 1. The molecule has 1 aromatic rings. The number of carbonyl (C=O) groups excluding carboxylic acids is 1. The molecule has 0 radical (unpaired) electrons. The van der Waals surface area contributed by atoms with E-state index >= 15 is 0 Å². The summed E-state index contributed by atoms with van der Waals surface area (Å²) in [6.07, 6.45) is 0. The molecule has 14 heavy (non-hydrogen) atoms. The third-order valence-electron chi connectivity index (χ3n) is 1.42. The smallest absolute Gasteiger partial charge is 0.356 e. The normalized spacial score (nSPS) is 9.57. The van der Waals surface area contributed by atoms with Crippen LogP contribution in [0, 0.1) is 10.1 Å². The highest BCUT2D eigenvalue weighted by molar-refractivity contribution is 9.10. The molecule has 1 rings (SSSR count). The van der Waals surface area contributed by atoms with Crippen LogP contribution in [-0.2, 0) is 4.74 Å². The van der Waals surface area contributed by atoms with Crippen molar-refractivity contribution in [1.82, 2.24) is 4.98 Å². The molecule has 1 heterocycles. The van der Waals surface area contributed by atoms with E-state index < -0.39 is 10.9 Å². The van der Waals surface area contributed by atoms with Crippen LogP contribution in [0.2, 0.25) is 0 Å². The first-order chi connectivity index (χ1) is 6.56. The summed E-state index contributed by atoms with van der Waals surface area (Å²) in [4.78, 5) is 24.4. The molecular formula is C7H5BrN2O4. The number of halogens is 1. The fraction of sp³-hybridized carbons (Fsp3) is 0.143. The molecule has 0 aliphatic rings. The number of carbonyl (C=O) groups is 1. The van der Waals surface area contributed by atoms with Crippen LogP contribution in [0.15, 0.2) is 16.7 Å². The maximum absolute atomic E-state index is 11.0. The number of rotatable bonds is 2. The molecule has 6 nitrogen and oxygen atoms in total. The summed E-state index contributed by atoms with van der Waals surface area (Å²) in [5.41, 5.74) is -0.178. The summed E-state index contributed by atoms with van der Waals surface area (Å²) in [6, 6.07) is 2.41. The van der Waals surface area contributed by atoms with Crippen molar-refractivity contribution >= 4 is 27.6 Å². The Morgan fingerprint density at radius 1 is 1.64 bits per heavy atom. The van der Waals surface area contributed by atoms with Crippen LogP contribution in [0.4, 0.5) is 5.69 Å². The molecule has 0 amide bonds. The van der Waals surface area contributed by atoms with Gasteiger partial charge >= 0.3 is 11.7 Å². The first kappa shape index (κ1) is 10.6. The quantitative estimate of drug-likeness (QED) is 0.349. The first-order valence-corrected chi connectivity index (χ1v) is 4.25. The van der Waals surface area contributed by atoms with Gasteiger partial charge in [-0.2, -0.15) is 0 Å². The average molecular weight is 261 g/mol. The zero-order valence-corrected chi connectivity index (χ0v) is 8.65. The van der Waals surface area contributed by atoms with Gasteiger partial charge in [-0.25, -0.2) is 9.78 Å². The van der Waals surface area contributed by atoms with Crippen molar-refractivity contribution in [3.63, 3.8) is 0 Å². The fourth-order valence-electron chi connectivity index (χ4n) is 0.781. The molecule has 0 aromatic carbocycles. The number of methoxy groups -OCH3 is 1. The number of pyridine rings is 1. The second-order valence-corrected chi connectivity index (χ2v) is 3.01. The molecular weight excluding hydrogens is 256 g/mol. The summed E-state index contributed by atoms with van der Waals surface area (Å²) < 4.78 is 4.40. The van der Waals surface area contributed by atoms with Gasteiger partial charge in [-0.1, -0.05) is 0 Å². The van der Waals surface area contributed by atoms with Crippen molar-refractivity contribution in [3.05, 3.63) is 32.5 Å². The van der Waals surface area contributed by atoms with Crippen molar-refractivity contribution in [2.75, 3.05) is 7.11 Å². The van der Waals surface area contributed by atoms with E-state index in [9.17, 15) is 14.9 Å². The minimum absolute atomic E-state index is 0.00500. The lowest BCUT2D eigenvalue weighted by Gasteiger charge is -1.98. The first-order valence-electron chi connectivity index (χ1n) is 3.45. The molecule has 74 valence electrons. The van der Waals surface area contributed by atoms with Gasteiger partial charge in [-0.15, -0.1) is 0 Å². The number of esters is 1. The van der Waals surface area contributed by atoms with E-state index in [-0.39, 0.29) is 16.0 Å². The van der Waals surface area contributed by atoms with Gasteiger partial charge in [0.2, 0.25) is 0 Å². The number of nitro groups is 1. The zero-order chi connectivity index (χ0) is 10.7. The van der Waals surface area contributed by atoms with E-state index in [0.717, 1.165) is 0 Å². The van der Waals surface area contributed by atoms with Crippen molar-refractivity contribution in [2.24, 2.45) is 0 Å². The van der Waals surface area contributed by atoms with Crippen molar-refractivity contribution in [2.45, 2.75) is 0 Å². The van der Waals surface area contributed by atoms with E-state index in [1.807, 2.05) is 0 Å². The Balaban J connectivity index is 3.12. The molecule has 1 aromatic heterocycles. The summed E-state index contributed by atoms with van der Waals surface area (Å²) in [7, 11) is 1.21. The summed E-state index contributed by atoms with van der Waals surface area (Å²) in [6.45, 7) is 0. The van der Waals surface area contributed by atoms with Gasteiger partial charge in [-0.05, 0) is 22.0 Å². The van der Waals surface area contributed by atoms with Crippen LogP contribution >= 0.6 is 15.9 Å². The maximum Gasteiger partial charge on any atom is 0.356 e. The Morgan fingerprint density at radius 3 is 2.71 bits per heavy atom. The fourth-order valence-corrected chi connectivity index (χ4v) is 1.25. The SMILES string of the molecule is COC(=O)c1ccc([N+](=O)[O-])c(Br)n1. The van der Waals surface area contributed by atoms with Gasteiger partial charge in [0.25, 0.3) is 0 Å². The van der Waals surface area contributed by atoms with Gasteiger partial charge in [0.1, 0.15) is 5.69 Å². The molecule has 0 unspecified atom stereocenters. The van der Waals surface area contributed by atoms with Crippen molar-refractivity contribution in [3.8, 4) is 0 Å². The third-order valence-corrected chi connectivity index (χ3v) is 2.00. The van der Waals surface area contributed by atoms with Crippen molar-refractivity contribution < 1.29 is 14.5 Å². The highest BCUT2D eigenvalue weighted by Crippen LogP contribution is 2.22. The largest absolute Gasteiger partial charge is 0.464 e. The topological polar surface area (TPSA) is 82.3 Å². The van der Waals surface area contributed by atoms with Crippen LogP contribution in [-0.4, -0.2) is 23.0 Å². The van der Waals surface area contributed by atoms with E-state index in [0.29, 0.717) is 0 Å². The molecule has 0 atom stereocenters. The Morgan fingerprint density at radius 2 is 2.29 bits per heavy atom. The molecule has 0 fully saturated rings. The highest BCUT2D eigenvalue weighted by Gasteiger charge is 2.16. The molecule has 0 aliphatic carbocycles. The van der Waals surface area contributed by atoms with E-state index in [1.54, 1.807) is 0 Å². The average Bonchev–Trinajstić information content (AvgIpc) is 2.15. The van der Waals surface area contributed by atoms with E-state index in [4.69, 9.17) is 0 Å². The van der Waals surface area contributed by atoms with Gasteiger partial charge < -0.3 is 4.74 Å². The Bertz CT molecular complexity index is 393. The molecule has 0 spiro atoms. The predicted octanol–water partition coefficient (Wildman–Crippen LogP) is 1.54. The lowest BCUT2D eigenvalue weighted by Crippen LogP contribution is -2.05. The predicted molar refractivity (Wildman–Crippen MR) is 49.9 cm³/mol. The van der Waals surface area contributed by atoms with Crippen LogP contribution in [0.3, 0.4) is 0 Å². The highest BCUT2D eigenvalue weighted by atomic mass is 79.9. The molecule has 0 bridgehead atoms.